The lowest BCUT2D eigenvalue weighted by Gasteiger charge is -2.02. The van der Waals surface area contributed by atoms with Crippen LogP contribution in [-0.2, 0) is 0 Å². The third-order valence-corrected chi connectivity index (χ3v) is 1.61. The first kappa shape index (κ1) is 9.80. The zero-order chi connectivity index (χ0) is 9.84. The molecule has 0 atom stereocenters. The Morgan fingerprint density at radius 3 is 2.92 bits per heavy atom. The Kier molecular flexibility index (Phi) is 3.08. The Morgan fingerprint density at radius 2 is 2.38 bits per heavy atom. The van der Waals surface area contributed by atoms with Crippen LogP contribution >= 0.6 is 11.6 Å². The summed E-state index contributed by atoms with van der Waals surface area (Å²) in [7, 11) is 0. The molecule has 1 amide bonds. The van der Waals surface area contributed by atoms with Crippen LogP contribution in [0.3, 0.4) is 0 Å². The van der Waals surface area contributed by atoms with Crippen molar-refractivity contribution in [2.24, 2.45) is 0 Å². The van der Waals surface area contributed by atoms with Gasteiger partial charge in [-0.25, -0.2) is 4.98 Å². The van der Waals surface area contributed by atoms with Gasteiger partial charge in [0.05, 0.1) is 0 Å². The number of pyridine rings is 1. The molecule has 0 saturated heterocycles. The fourth-order valence-electron chi connectivity index (χ4n) is 0.911. The number of aromatic nitrogens is 1. The first-order chi connectivity index (χ1) is 6.13. The van der Waals surface area contributed by atoms with Crippen LogP contribution in [0.25, 0.3) is 0 Å². The summed E-state index contributed by atoms with van der Waals surface area (Å²) in [5.41, 5.74) is 5.85. The van der Waals surface area contributed by atoms with Crippen LogP contribution in [-0.4, -0.2) is 17.4 Å². The molecule has 4 nitrogen and oxygen atoms in total. The van der Waals surface area contributed by atoms with E-state index in [-0.39, 0.29) is 16.9 Å². The number of nitrogens with zero attached hydrogens (tertiary/aromatic N) is 1. The van der Waals surface area contributed by atoms with E-state index in [1.807, 2.05) is 6.92 Å². The predicted octanol–water partition coefficient (Wildman–Crippen LogP) is 1.07. The summed E-state index contributed by atoms with van der Waals surface area (Å²) in [5, 5.41) is 2.86. The molecule has 70 valence electrons. The molecule has 1 rings (SSSR count). The summed E-state index contributed by atoms with van der Waals surface area (Å²) in [6.45, 7) is 2.41. The van der Waals surface area contributed by atoms with E-state index in [4.69, 9.17) is 17.3 Å². The number of rotatable bonds is 2. The minimum absolute atomic E-state index is 0.196. The Balaban J connectivity index is 2.94. The van der Waals surface area contributed by atoms with Gasteiger partial charge in [-0.1, -0.05) is 11.6 Å². The Morgan fingerprint density at radius 1 is 1.69 bits per heavy atom. The van der Waals surface area contributed by atoms with Gasteiger partial charge in [-0.3, -0.25) is 4.79 Å². The van der Waals surface area contributed by atoms with Crippen molar-refractivity contribution in [3.63, 3.8) is 0 Å². The maximum Gasteiger partial charge on any atom is 0.251 e. The van der Waals surface area contributed by atoms with Crippen LogP contribution in [0.5, 0.6) is 0 Å². The molecule has 5 heteroatoms. The van der Waals surface area contributed by atoms with Gasteiger partial charge in [-0.05, 0) is 19.1 Å². The molecule has 0 spiro atoms. The summed E-state index contributed by atoms with van der Waals surface area (Å²) in [6, 6.07) is 2.96. The molecule has 0 fully saturated rings. The van der Waals surface area contributed by atoms with Gasteiger partial charge in [0.2, 0.25) is 0 Å². The highest BCUT2D eigenvalue weighted by Crippen LogP contribution is 2.11. The van der Waals surface area contributed by atoms with E-state index in [2.05, 4.69) is 10.3 Å². The molecule has 0 aliphatic rings. The molecule has 0 radical (unpaired) electrons. The monoisotopic (exact) mass is 199 g/mol. The standard InChI is InChI=1S/C8H10ClN3O/c1-2-11-8(13)5-3-6(9)12-7(10)4-5/h3-4H,2H2,1H3,(H2,10,12)(H,11,13). The smallest absolute Gasteiger partial charge is 0.251 e. The second kappa shape index (κ2) is 4.09. The average Bonchev–Trinajstić information content (AvgIpc) is 2.03. The van der Waals surface area contributed by atoms with E-state index in [1.165, 1.54) is 12.1 Å². The van der Waals surface area contributed by atoms with Crippen LogP contribution in [0.2, 0.25) is 5.15 Å². The summed E-state index contributed by atoms with van der Waals surface area (Å²) in [6.07, 6.45) is 0. The number of nitrogens with one attached hydrogen (secondary N) is 1. The molecule has 0 aliphatic carbocycles. The quantitative estimate of drug-likeness (QED) is 0.700. The topological polar surface area (TPSA) is 68.0 Å². The molecule has 0 aliphatic heterocycles. The van der Waals surface area contributed by atoms with Gasteiger partial charge in [-0.2, -0.15) is 0 Å². The number of amides is 1. The number of anilines is 1. The molecule has 3 N–H and O–H groups in total. The molecular formula is C8H10ClN3O. The summed E-state index contributed by atoms with van der Waals surface area (Å²) >= 11 is 5.62. The van der Waals surface area contributed by atoms with Crippen molar-refractivity contribution in [1.82, 2.24) is 10.3 Å². The van der Waals surface area contributed by atoms with Gasteiger partial charge in [0.1, 0.15) is 11.0 Å². The number of hydrogen-bond acceptors (Lipinski definition) is 3. The summed E-state index contributed by atoms with van der Waals surface area (Å²) in [5.74, 6) is 0.0484. The molecule has 0 saturated carbocycles. The van der Waals surface area contributed by atoms with Gasteiger partial charge in [-0.15, -0.1) is 0 Å². The number of nitrogens with two attached hydrogens (primary N) is 1. The lowest BCUT2D eigenvalue weighted by molar-refractivity contribution is 0.0956. The fourth-order valence-corrected chi connectivity index (χ4v) is 1.13. The molecule has 1 heterocycles. The van der Waals surface area contributed by atoms with Crippen molar-refractivity contribution < 1.29 is 4.79 Å². The van der Waals surface area contributed by atoms with E-state index in [0.717, 1.165) is 0 Å². The first-order valence-electron chi connectivity index (χ1n) is 3.84. The fraction of sp³-hybridized carbons (Fsp3) is 0.250. The Hall–Kier alpha value is -1.29. The van der Waals surface area contributed by atoms with E-state index in [9.17, 15) is 4.79 Å². The highest BCUT2D eigenvalue weighted by Gasteiger charge is 2.06. The first-order valence-corrected chi connectivity index (χ1v) is 4.22. The van der Waals surface area contributed by atoms with Crippen LogP contribution in [0.1, 0.15) is 17.3 Å². The van der Waals surface area contributed by atoms with Gasteiger partial charge < -0.3 is 11.1 Å². The van der Waals surface area contributed by atoms with Crippen LogP contribution in [0, 0.1) is 0 Å². The minimum Gasteiger partial charge on any atom is -0.384 e. The zero-order valence-corrected chi connectivity index (χ0v) is 7.93. The van der Waals surface area contributed by atoms with Crippen molar-refractivity contribution in [2.45, 2.75) is 6.92 Å². The second-order valence-corrected chi connectivity index (χ2v) is 2.85. The Bertz CT molecular complexity index is 307. The lowest BCUT2D eigenvalue weighted by atomic mass is 10.2. The van der Waals surface area contributed by atoms with Crippen molar-refractivity contribution in [1.29, 1.82) is 0 Å². The molecule has 1 aromatic heterocycles. The maximum atomic E-state index is 11.3. The van der Waals surface area contributed by atoms with Gasteiger partial charge >= 0.3 is 0 Å². The van der Waals surface area contributed by atoms with E-state index in [0.29, 0.717) is 12.1 Å². The zero-order valence-electron chi connectivity index (χ0n) is 7.17. The third-order valence-electron chi connectivity index (χ3n) is 1.41. The minimum atomic E-state index is -0.196. The average molecular weight is 200 g/mol. The molecule has 0 aromatic carbocycles. The summed E-state index contributed by atoms with van der Waals surface area (Å²) < 4.78 is 0. The van der Waals surface area contributed by atoms with Gasteiger partial charge in [0.15, 0.2) is 0 Å². The summed E-state index contributed by atoms with van der Waals surface area (Å²) in [4.78, 5) is 15.0. The van der Waals surface area contributed by atoms with E-state index in [1.54, 1.807) is 0 Å². The number of carbonyl (C=O) groups is 1. The highest BCUT2D eigenvalue weighted by molar-refractivity contribution is 6.29. The van der Waals surface area contributed by atoms with Gasteiger partial charge in [0.25, 0.3) is 5.91 Å². The number of nitrogen functional groups attached to an aromatic ring is 1. The third kappa shape index (κ3) is 2.59. The predicted molar refractivity (Wildman–Crippen MR) is 51.7 cm³/mol. The largest absolute Gasteiger partial charge is 0.384 e. The maximum absolute atomic E-state index is 11.3. The number of hydrogen-bond donors (Lipinski definition) is 2. The van der Waals surface area contributed by atoms with Crippen molar-refractivity contribution >= 4 is 23.3 Å². The van der Waals surface area contributed by atoms with Gasteiger partial charge in [0, 0.05) is 12.1 Å². The lowest BCUT2D eigenvalue weighted by Crippen LogP contribution is -2.22. The van der Waals surface area contributed by atoms with Crippen molar-refractivity contribution in [2.75, 3.05) is 12.3 Å². The second-order valence-electron chi connectivity index (χ2n) is 2.46. The van der Waals surface area contributed by atoms with Crippen LogP contribution < -0.4 is 11.1 Å². The van der Waals surface area contributed by atoms with Crippen molar-refractivity contribution in [3.8, 4) is 0 Å². The number of halogens is 1. The molecule has 0 unspecified atom stereocenters. The SMILES string of the molecule is CCNC(=O)c1cc(N)nc(Cl)c1. The normalized spacial score (nSPS) is 9.69. The molecule has 1 aromatic rings. The number of carbonyl (C=O) groups excluding carboxylic acids is 1. The van der Waals surface area contributed by atoms with Crippen LogP contribution in [0.15, 0.2) is 12.1 Å². The van der Waals surface area contributed by atoms with Crippen molar-refractivity contribution in [3.05, 3.63) is 22.8 Å². The van der Waals surface area contributed by atoms with E-state index < -0.39 is 0 Å². The van der Waals surface area contributed by atoms with Crippen LogP contribution in [0.4, 0.5) is 5.82 Å². The van der Waals surface area contributed by atoms with E-state index >= 15 is 0 Å². The highest BCUT2D eigenvalue weighted by atomic mass is 35.5. The molecule has 0 bridgehead atoms. The molecule has 13 heavy (non-hydrogen) atoms. The Labute approximate surface area is 81.1 Å². The molecular weight excluding hydrogens is 190 g/mol.